The summed E-state index contributed by atoms with van der Waals surface area (Å²) in [5, 5.41) is 10.2. The van der Waals surface area contributed by atoms with Gasteiger partial charge < -0.3 is 9.32 Å². The van der Waals surface area contributed by atoms with E-state index in [0.717, 1.165) is 28.0 Å². The zero-order valence-corrected chi connectivity index (χ0v) is 25.5. The molecule has 0 fully saturated rings. The van der Waals surface area contributed by atoms with Gasteiger partial charge in [0.25, 0.3) is 11.8 Å². The summed E-state index contributed by atoms with van der Waals surface area (Å²) in [6.07, 6.45) is 0. The molecule has 2 aliphatic rings. The molecule has 3 aromatic carbocycles. The molecule has 2 aromatic heterocycles. The molecule has 0 saturated carbocycles. The van der Waals surface area contributed by atoms with Crippen LogP contribution in [0.25, 0.3) is 11.0 Å². The summed E-state index contributed by atoms with van der Waals surface area (Å²) < 4.78 is 6.72. The molecule has 0 aliphatic carbocycles. The molecule has 0 bridgehead atoms. The number of carbonyl (C=O) groups excluding carboxylic acids is 2. The molecular formula is C30H20Cl2N4O4S2. The van der Waals surface area contributed by atoms with Gasteiger partial charge in [0.1, 0.15) is 5.58 Å². The molecule has 42 heavy (non-hydrogen) atoms. The fourth-order valence-electron chi connectivity index (χ4n) is 5.65. The average Bonchev–Trinajstić information content (AvgIpc) is 3.59. The average molecular weight is 636 g/mol. The van der Waals surface area contributed by atoms with Crippen molar-refractivity contribution in [2.24, 2.45) is 0 Å². The second-order valence-corrected chi connectivity index (χ2v) is 13.2. The van der Waals surface area contributed by atoms with E-state index < -0.39 is 22.8 Å². The molecular weight excluding hydrogens is 615 g/mol. The molecule has 210 valence electrons. The van der Waals surface area contributed by atoms with Gasteiger partial charge in [0.05, 0.1) is 10.9 Å². The number of nitrogens with zero attached hydrogens (tertiary/aromatic N) is 4. The maximum Gasteiger partial charge on any atom is 0.297 e. The molecule has 0 radical (unpaired) electrons. The largest absolute Gasteiger partial charge is 0.450 e. The molecule has 2 amide bonds. The number of thioether (sulfide) groups is 1. The number of fused-ring (bicyclic) bond motifs is 5. The molecule has 1 spiro atoms. The maximum atomic E-state index is 14.3. The van der Waals surface area contributed by atoms with Gasteiger partial charge in [-0.3, -0.25) is 19.3 Å². The van der Waals surface area contributed by atoms with E-state index in [1.54, 1.807) is 55.6 Å². The highest BCUT2D eigenvalue weighted by molar-refractivity contribution is 8.00. The Balaban J connectivity index is 1.42. The van der Waals surface area contributed by atoms with Crippen molar-refractivity contribution >= 4 is 79.9 Å². The summed E-state index contributed by atoms with van der Waals surface area (Å²) in [6, 6.07) is 15.9. The number of aryl methyl sites for hydroxylation is 2. The SMILES string of the molecule is Cc1cc2oc3c(c(=O)c2cc1C)C1(C(=O)N(C)c2ccccc21)N(c1nnc(SCc2ccc(Cl)cc2Cl)s1)C3=O. The minimum Gasteiger partial charge on any atom is -0.450 e. The van der Waals surface area contributed by atoms with Crippen molar-refractivity contribution < 1.29 is 14.0 Å². The van der Waals surface area contributed by atoms with Crippen LogP contribution in [0, 0.1) is 13.8 Å². The Morgan fingerprint density at radius 2 is 1.76 bits per heavy atom. The second-order valence-electron chi connectivity index (χ2n) is 10.2. The lowest BCUT2D eigenvalue weighted by molar-refractivity contribution is -0.121. The molecule has 7 rings (SSSR count). The van der Waals surface area contributed by atoms with E-state index in [9.17, 15) is 14.4 Å². The molecule has 1 unspecified atom stereocenters. The predicted octanol–water partition coefficient (Wildman–Crippen LogP) is 6.74. The van der Waals surface area contributed by atoms with Gasteiger partial charge in [0.15, 0.2) is 15.3 Å². The quantitative estimate of drug-likeness (QED) is 0.159. The van der Waals surface area contributed by atoms with Gasteiger partial charge in [-0.1, -0.05) is 70.6 Å². The highest BCUT2D eigenvalue weighted by Gasteiger charge is 2.66. The maximum absolute atomic E-state index is 14.3. The number of anilines is 2. The second kappa shape index (κ2) is 9.67. The third-order valence-electron chi connectivity index (χ3n) is 7.82. The number of aromatic nitrogens is 2. The molecule has 0 saturated heterocycles. The van der Waals surface area contributed by atoms with Crippen LogP contribution in [-0.4, -0.2) is 29.1 Å². The minimum absolute atomic E-state index is 0.0117. The zero-order chi connectivity index (χ0) is 29.5. The molecule has 12 heteroatoms. The normalized spacial score (nSPS) is 17.5. The van der Waals surface area contributed by atoms with Crippen molar-refractivity contribution in [1.29, 1.82) is 0 Å². The summed E-state index contributed by atoms with van der Waals surface area (Å²) >= 11 is 14.9. The van der Waals surface area contributed by atoms with Crippen LogP contribution >= 0.6 is 46.3 Å². The van der Waals surface area contributed by atoms with Crippen molar-refractivity contribution in [3.05, 3.63) is 108 Å². The van der Waals surface area contributed by atoms with E-state index >= 15 is 0 Å². The van der Waals surface area contributed by atoms with E-state index in [-0.39, 0.29) is 22.0 Å². The van der Waals surface area contributed by atoms with E-state index in [1.807, 2.05) is 19.9 Å². The predicted molar refractivity (Wildman–Crippen MR) is 165 cm³/mol. The highest BCUT2D eigenvalue weighted by atomic mass is 35.5. The van der Waals surface area contributed by atoms with E-state index in [2.05, 4.69) is 10.2 Å². The van der Waals surface area contributed by atoms with Crippen LogP contribution in [0.2, 0.25) is 10.0 Å². The van der Waals surface area contributed by atoms with Crippen molar-refractivity contribution in [2.45, 2.75) is 29.5 Å². The highest BCUT2D eigenvalue weighted by Crippen LogP contribution is 2.54. The molecule has 8 nitrogen and oxygen atoms in total. The zero-order valence-electron chi connectivity index (χ0n) is 22.4. The van der Waals surface area contributed by atoms with Crippen molar-refractivity contribution in [2.75, 3.05) is 16.8 Å². The molecule has 0 N–H and O–H groups in total. The minimum atomic E-state index is -1.80. The van der Waals surface area contributed by atoms with Crippen molar-refractivity contribution in [3.8, 4) is 0 Å². The standard InChI is InChI=1S/C30H20Cl2N4O4S2/c1-14-10-18-22(11-15(14)2)40-25-23(24(18)37)30(19-6-4-5-7-21(19)35(3)27(30)39)36(26(25)38)28-33-34-29(42-28)41-13-16-8-9-17(31)12-20(16)32/h4-12H,13H2,1-3H3. The van der Waals surface area contributed by atoms with E-state index in [4.69, 9.17) is 27.6 Å². The van der Waals surface area contributed by atoms with Gasteiger partial charge >= 0.3 is 0 Å². The summed E-state index contributed by atoms with van der Waals surface area (Å²) in [6.45, 7) is 3.80. The number of carbonyl (C=O) groups is 2. The lowest BCUT2D eigenvalue weighted by Crippen LogP contribution is -2.53. The smallest absolute Gasteiger partial charge is 0.297 e. The fourth-order valence-corrected chi connectivity index (χ4v) is 8.10. The Bertz CT molecular complexity index is 2060. The number of halogens is 2. The molecule has 2 aliphatic heterocycles. The summed E-state index contributed by atoms with van der Waals surface area (Å²) in [7, 11) is 1.63. The number of hydrogen-bond donors (Lipinski definition) is 0. The van der Waals surface area contributed by atoms with Crippen LogP contribution in [0.3, 0.4) is 0 Å². The third-order valence-corrected chi connectivity index (χ3v) is 10.5. The van der Waals surface area contributed by atoms with Gasteiger partial charge in [-0.25, -0.2) is 0 Å². The lowest BCUT2D eigenvalue weighted by Gasteiger charge is -2.31. The van der Waals surface area contributed by atoms with Gasteiger partial charge in [-0.15, -0.1) is 10.2 Å². The number of hydrogen-bond acceptors (Lipinski definition) is 8. The van der Waals surface area contributed by atoms with Crippen LogP contribution in [0.15, 0.2) is 68.1 Å². The van der Waals surface area contributed by atoms with Gasteiger partial charge in [-0.05, 0) is 60.9 Å². The lowest BCUT2D eigenvalue weighted by atomic mass is 9.84. The monoisotopic (exact) mass is 634 g/mol. The van der Waals surface area contributed by atoms with Gasteiger partial charge in [-0.2, -0.15) is 0 Å². The number of likely N-dealkylation sites (N-methyl/N-ethyl adjacent to an activating group) is 1. The van der Waals surface area contributed by atoms with Crippen LogP contribution < -0.4 is 15.2 Å². The Labute approximate surface area is 257 Å². The fraction of sp³-hybridized carbons (Fsp3) is 0.167. The Morgan fingerprint density at radius 3 is 2.55 bits per heavy atom. The first-order chi connectivity index (χ1) is 20.1. The summed E-state index contributed by atoms with van der Waals surface area (Å²) in [4.78, 5) is 45.6. The Kier molecular flexibility index (Phi) is 6.25. The van der Waals surface area contributed by atoms with Crippen LogP contribution in [0.5, 0.6) is 0 Å². The first-order valence-corrected chi connectivity index (χ1v) is 15.4. The number of benzene rings is 3. The van der Waals surface area contributed by atoms with E-state index in [0.29, 0.717) is 36.8 Å². The van der Waals surface area contributed by atoms with Crippen LogP contribution in [0.1, 0.15) is 38.4 Å². The number of rotatable bonds is 4. The first-order valence-electron chi connectivity index (χ1n) is 12.8. The number of amides is 2. The van der Waals surface area contributed by atoms with E-state index in [1.165, 1.54) is 21.6 Å². The Morgan fingerprint density at radius 1 is 1.00 bits per heavy atom. The summed E-state index contributed by atoms with van der Waals surface area (Å²) in [5.74, 6) is -0.775. The molecule has 5 aromatic rings. The third kappa shape index (κ3) is 3.72. The molecule has 1 atom stereocenters. The van der Waals surface area contributed by atoms with Crippen LogP contribution in [0.4, 0.5) is 10.8 Å². The topological polar surface area (TPSA) is 96.6 Å². The molecule has 4 heterocycles. The van der Waals surface area contributed by atoms with Gasteiger partial charge in [0.2, 0.25) is 10.9 Å². The van der Waals surface area contributed by atoms with Crippen LogP contribution in [-0.2, 0) is 16.1 Å². The Hall–Kier alpha value is -3.70. The first kappa shape index (κ1) is 27.2. The van der Waals surface area contributed by atoms with Crippen molar-refractivity contribution in [1.82, 2.24) is 10.2 Å². The van der Waals surface area contributed by atoms with Gasteiger partial charge in [0, 0.05) is 34.1 Å². The number of para-hydroxylation sites is 1. The van der Waals surface area contributed by atoms with Crippen molar-refractivity contribution in [3.63, 3.8) is 0 Å². The summed E-state index contributed by atoms with van der Waals surface area (Å²) in [5.41, 5.74) is 1.80.